The highest BCUT2D eigenvalue weighted by molar-refractivity contribution is 9.10. The lowest BCUT2D eigenvalue weighted by molar-refractivity contribution is 0.196. The molecule has 0 saturated heterocycles. The zero-order valence-corrected chi connectivity index (χ0v) is 11.2. The van der Waals surface area contributed by atoms with Gasteiger partial charge in [-0.25, -0.2) is 4.79 Å². The van der Waals surface area contributed by atoms with E-state index in [-0.39, 0.29) is 6.03 Å². The van der Waals surface area contributed by atoms with Crippen LogP contribution in [0.1, 0.15) is 5.56 Å². The predicted molar refractivity (Wildman–Crippen MR) is 71.6 cm³/mol. The van der Waals surface area contributed by atoms with Gasteiger partial charge in [-0.2, -0.15) is 0 Å². The summed E-state index contributed by atoms with van der Waals surface area (Å²) in [7, 11) is 1.59. The third-order valence-corrected chi connectivity index (χ3v) is 2.42. The van der Waals surface area contributed by atoms with Crippen LogP contribution in [0.5, 0.6) is 0 Å². The summed E-state index contributed by atoms with van der Waals surface area (Å²) < 4.78 is 5.82. The molecule has 0 unspecified atom stereocenters. The Balaban J connectivity index is 2.32. The largest absolute Gasteiger partial charge is 0.383 e. The molecule has 0 atom stereocenters. The fraction of sp³-hybridized carbons (Fsp3) is 0.250. The average Bonchev–Trinajstić information content (AvgIpc) is 2.29. The molecule has 2 N–H and O–H groups in total. The lowest BCUT2D eigenvalue weighted by Gasteiger charge is -2.03. The molecule has 1 aromatic carbocycles. The SMILES string of the molecule is COCCNC(=O)N/C=C/c1cccc(Br)c1. The fourth-order valence-corrected chi connectivity index (χ4v) is 1.56. The Morgan fingerprint density at radius 2 is 2.35 bits per heavy atom. The number of nitrogens with one attached hydrogen (secondary N) is 2. The third-order valence-electron chi connectivity index (χ3n) is 1.93. The number of hydrogen-bond acceptors (Lipinski definition) is 2. The van der Waals surface area contributed by atoms with Crippen molar-refractivity contribution in [3.05, 3.63) is 40.5 Å². The van der Waals surface area contributed by atoms with Crippen LogP contribution < -0.4 is 10.6 Å². The molecule has 0 bridgehead atoms. The van der Waals surface area contributed by atoms with Crippen molar-refractivity contribution in [2.24, 2.45) is 0 Å². The molecule has 0 fully saturated rings. The van der Waals surface area contributed by atoms with Crippen molar-refractivity contribution < 1.29 is 9.53 Å². The molecule has 4 nitrogen and oxygen atoms in total. The first kappa shape index (κ1) is 13.7. The Morgan fingerprint density at radius 3 is 3.06 bits per heavy atom. The van der Waals surface area contributed by atoms with E-state index >= 15 is 0 Å². The number of benzene rings is 1. The van der Waals surface area contributed by atoms with E-state index in [0.29, 0.717) is 13.2 Å². The van der Waals surface area contributed by atoms with Gasteiger partial charge in [0.1, 0.15) is 0 Å². The van der Waals surface area contributed by atoms with Gasteiger partial charge >= 0.3 is 6.03 Å². The molecule has 0 spiro atoms. The molecular formula is C12H15BrN2O2. The molecule has 1 rings (SSSR count). The van der Waals surface area contributed by atoms with Crippen molar-refractivity contribution in [2.45, 2.75) is 0 Å². The maximum atomic E-state index is 11.2. The standard InChI is InChI=1S/C12H15BrN2O2/c1-17-8-7-15-12(16)14-6-5-10-3-2-4-11(13)9-10/h2-6,9H,7-8H2,1H3,(H2,14,15,16)/b6-5+. The molecule has 1 aromatic rings. The van der Waals surface area contributed by atoms with Crippen molar-refractivity contribution >= 4 is 28.0 Å². The zero-order chi connectivity index (χ0) is 12.5. The number of carbonyl (C=O) groups excluding carboxylic acids is 1. The highest BCUT2D eigenvalue weighted by Crippen LogP contribution is 2.12. The van der Waals surface area contributed by atoms with Gasteiger partial charge in [0.2, 0.25) is 0 Å². The second kappa shape index (κ2) is 7.86. The van der Waals surface area contributed by atoms with Crippen LogP contribution in [0.4, 0.5) is 4.79 Å². The quantitative estimate of drug-likeness (QED) is 0.820. The van der Waals surface area contributed by atoms with Crippen molar-refractivity contribution in [3.63, 3.8) is 0 Å². The molecule has 5 heteroatoms. The topological polar surface area (TPSA) is 50.4 Å². The van der Waals surface area contributed by atoms with Crippen molar-refractivity contribution in [1.29, 1.82) is 0 Å². The zero-order valence-electron chi connectivity index (χ0n) is 9.57. The third kappa shape index (κ3) is 6.09. The molecule has 0 aliphatic heterocycles. The van der Waals surface area contributed by atoms with Crippen molar-refractivity contribution in [3.8, 4) is 0 Å². The molecule has 0 heterocycles. The van der Waals surface area contributed by atoms with Crippen LogP contribution in [0, 0.1) is 0 Å². The van der Waals surface area contributed by atoms with E-state index in [2.05, 4.69) is 26.6 Å². The minimum Gasteiger partial charge on any atom is -0.383 e. The first-order valence-corrected chi connectivity index (χ1v) is 5.97. The number of methoxy groups -OCH3 is 1. The minimum atomic E-state index is -0.242. The fourth-order valence-electron chi connectivity index (χ4n) is 1.14. The summed E-state index contributed by atoms with van der Waals surface area (Å²) in [6.45, 7) is 0.996. The molecular weight excluding hydrogens is 284 g/mol. The van der Waals surface area contributed by atoms with Crippen LogP contribution in [-0.2, 0) is 4.74 Å². The summed E-state index contributed by atoms with van der Waals surface area (Å²) in [5.74, 6) is 0. The monoisotopic (exact) mass is 298 g/mol. The molecule has 0 aromatic heterocycles. The van der Waals surface area contributed by atoms with Crippen LogP contribution in [0.15, 0.2) is 34.9 Å². The Morgan fingerprint density at radius 1 is 1.53 bits per heavy atom. The maximum absolute atomic E-state index is 11.2. The first-order chi connectivity index (χ1) is 8.22. The van der Waals surface area contributed by atoms with Gasteiger partial charge in [0, 0.05) is 24.3 Å². The number of hydrogen-bond donors (Lipinski definition) is 2. The summed E-state index contributed by atoms with van der Waals surface area (Å²) in [5.41, 5.74) is 1.01. The van der Waals surface area contributed by atoms with E-state index in [9.17, 15) is 4.79 Å². The highest BCUT2D eigenvalue weighted by atomic mass is 79.9. The van der Waals surface area contributed by atoms with Crippen molar-refractivity contribution in [1.82, 2.24) is 10.6 Å². The van der Waals surface area contributed by atoms with Gasteiger partial charge in [0.05, 0.1) is 6.61 Å². The Kier molecular flexibility index (Phi) is 6.35. The molecule has 17 heavy (non-hydrogen) atoms. The van der Waals surface area contributed by atoms with Crippen LogP contribution in [-0.4, -0.2) is 26.3 Å². The van der Waals surface area contributed by atoms with Gasteiger partial charge < -0.3 is 15.4 Å². The van der Waals surface area contributed by atoms with E-state index in [0.717, 1.165) is 10.0 Å². The highest BCUT2D eigenvalue weighted by Gasteiger charge is 1.94. The van der Waals surface area contributed by atoms with Gasteiger partial charge in [-0.3, -0.25) is 0 Å². The molecule has 0 saturated carbocycles. The Hall–Kier alpha value is -1.33. The van der Waals surface area contributed by atoms with E-state index in [1.165, 1.54) is 0 Å². The average molecular weight is 299 g/mol. The van der Waals surface area contributed by atoms with E-state index in [4.69, 9.17) is 4.74 Å². The van der Waals surface area contributed by atoms with Gasteiger partial charge in [-0.1, -0.05) is 28.1 Å². The number of halogens is 1. The predicted octanol–water partition coefficient (Wildman–Crippen LogP) is 2.37. The van der Waals surface area contributed by atoms with Gasteiger partial charge in [0.15, 0.2) is 0 Å². The number of urea groups is 1. The Labute approximate surface area is 109 Å². The van der Waals surface area contributed by atoms with E-state index < -0.39 is 0 Å². The first-order valence-electron chi connectivity index (χ1n) is 5.18. The molecule has 0 aliphatic rings. The van der Waals surface area contributed by atoms with Crippen LogP contribution in [0.2, 0.25) is 0 Å². The summed E-state index contributed by atoms with van der Waals surface area (Å²) >= 11 is 3.38. The smallest absolute Gasteiger partial charge is 0.318 e. The lowest BCUT2D eigenvalue weighted by atomic mass is 10.2. The summed E-state index contributed by atoms with van der Waals surface area (Å²) in [4.78, 5) is 11.2. The molecule has 92 valence electrons. The van der Waals surface area contributed by atoms with Crippen LogP contribution in [0.25, 0.3) is 6.08 Å². The normalized spacial score (nSPS) is 10.5. The summed E-state index contributed by atoms with van der Waals surface area (Å²) in [6, 6.07) is 7.55. The maximum Gasteiger partial charge on any atom is 0.318 e. The second-order valence-corrected chi connectivity index (χ2v) is 4.20. The van der Waals surface area contributed by atoms with Gasteiger partial charge in [-0.05, 0) is 23.8 Å². The number of ether oxygens (including phenoxy) is 1. The van der Waals surface area contributed by atoms with E-state index in [1.54, 1.807) is 13.3 Å². The van der Waals surface area contributed by atoms with Crippen LogP contribution in [0.3, 0.4) is 0 Å². The Bertz CT molecular complexity index is 394. The van der Waals surface area contributed by atoms with Gasteiger partial charge in [-0.15, -0.1) is 0 Å². The number of carbonyl (C=O) groups is 1. The number of rotatable bonds is 5. The molecule has 0 aliphatic carbocycles. The van der Waals surface area contributed by atoms with Crippen molar-refractivity contribution in [2.75, 3.05) is 20.3 Å². The molecule has 0 radical (unpaired) electrons. The molecule has 2 amide bonds. The minimum absolute atomic E-state index is 0.242. The number of amides is 2. The second-order valence-electron chi connectivity index (χ2n) is 3.28. The lowest BCUT2D eigenvalue weighted by Crippen LogP contribution is -2.34. The van der Waals surface area contributed by atoms with Crippen LogP contribution >= 0.6 is 15.9 Å². The van der Waals surface area contributed by atoms with E-state index in [1.807, 2.05) is 30.3 Å². The van der Waals surface area contributed by atoms with Gasteiger partial charge in [0.25, 0.3) is 0 Å². The summed E-state index contributed by atoms with van der Waals surface area (Å²) in [5, 5.41) is 5.25. The summed E-state index contributed by atoms with van der Waals surface area (Å²) in [6.07, 6.45) is 3.42.